The molecule has 2 rings (SSSR count). The number of amides is 1. The van der Waals surface area contributed by atoms with Crippen molar-refractivity contribution < 1.29 is 9.72 Å². The van der Waals surface area contributed by atoms with Gasteiger partial charge in [0.05, 0.1) is 14.9 Å². The second-order valence-corrected chi connectivity index (χ2v) is 4.82. The Morgan fingerprint density at radius 1 is 1.50 bits per heavy atom. The minimum atomic E-state index is -0.525. The molecule has 2 aromatic rings. The van der Waals surface area contributed by atoms with Crippen LogP contribution in [0.15, 0.2) is 33.6 Å². The third-order valence-electron chi connectivity index (χ3n) is 2.07. The molecule has 0 saturated heterocycles. The predicted octanol–water partition coefficient (Wildman–Crippen LogP) is 3.07. The summed E-state index contributed by atoms with van der Waals surface area (Å²) < 4.78 is 0.360. The number of thiazole rings is 1. The number of aromatic nitrogens is 1. The van der Waals surface area contributed by atoms with E-state index in [1.54, 1.807) is 17.0 Å². The molecular formula is C10H6BrN3O3S. The summed E-state index contributed by atoms with van der Waals surface area (Å²) >= 11 is 4.37. The summed E-state index contributed by atoms with van der Waals surface area (Å²) in [5, 5.41) is 14.9. The third-order valence-corrected chi connectivity index (χ3v) is 3.32. The molecule has 0 aliphatic heterocycles. The number of nitrogens with zero attached hydrogens (tertiary/aromatic N) is 2. The first-order valence-corrected chi connectivity index (χ1v) is 6.45. The number of benzene rings is 1. The van der Waals surface area contributed by atoms with Crippen LogP contribution in [-0.2, 0) is 0 Å². The molecule has 0 saturated carbocycles. The van der Waals surface area contributed by atoms with Crippen LogP contribution in [0.5, 0.6) is 0 Å². The molecule has 6 nitrogen and oxygen atoms in total. The van der Waals surface area contributed by atoms with Crippen molar-refractivity contribution in [2.75, 3.05) is 5.32 Å². The van der Waals surface area contributed by atoms with Gasteiger partial charge in [-0.05, 0) is 28.1 Å². The van der Waals surface area contributed by atoms with Crippen molar-refractivity contribution in [2.45, 2.75) is 0 Å². The Labute approximate surface area is 114 Å². The van der Waals surface area contributed by atoms with E-state index in [9.17, 15) is 14.9 Å². The average molecular weight is 328 g/mol. The summed E-state index contributed by atoms with van der Waals surface area (Å²) in [6.07, 6.45) is 0. The average Bonchev–Trinajstić information content (AvgIpc) is 2.85. The Hall–Kier alpha value is -1.80. The van der Waals surface area contributed by atoms with Gasteiger partial charge in [0.25, 0.3) is 11.6 Å². The Bertz CT molecular complexity index is 600. The Balaban J connectivity index is 2.22. The Morgan fingerprint density at radius 2 is 2.28 bits per heavy atom. The molecule has 18 heavy (non-hydrogen) atoms. The second kappa shape index (κ2) is 5.23. The molecule has 0 aliphatic carbocycles. The molecule has 0 unspecified atom stereocenters. The maximum Gasteiger partial charge on any atom is 0.285 e. The molecule has 8 heteroatoms. The summed E-state index contributed by atoms with van der Waals surface area (Å²) in [4.78, 5) is 25.8. The van der Waals surface area contributed by atoms with E-state index in [4.69, 9.17) is 0 Å². The lowest BCUT2D eigenvalue weighted by atomic mass is 10.2. The van der Waals surface area contributed by atoms with E-state index in [1.165, 1.54) is 23.5 Å². The highest BCUT2D eigenvalue weighted by Crippen LogP contribution is 2.27. The van der Waals surface area contributed by atoms with E-state index in [0.717, 1.165) is 0 Å². The van der Waals surface area contributed by atoms with Crippen LogP contribution in [0.25, 0.3) is 0 Å². The molecule has 0 spiro atoms. The summed E-state index contributed by atoms with van der Waals surface area (Å²) in [5.74, 6) is -0.395. The van der Waals surface area contributed by atoms with E-state index in [1.807, 2.05) is 0 Å². The molecule has 1 amide bonds. The van der Waals surface area contributed by atoms with E-state index < -0.39 is 10.8 Å². The molecule has 1 N–H and O–H groups in total. The fraction of sp³-hybridized carbons (Fsp3) is 0. The van der Waals surface area contributed by atoms with Gasteiger partial charge in [-0.3, -0.25) is 14.9 Å². The normalized spacial score (nSPS) is 10.1. The van der Waals surface area contributed by atoms with Gasteiger partial charge in [0.2, 0.25) is 0 Å². The van der Waals surface area contributed by atoms with Crippen molar-refractivity contribution >= 4 is 44.5 Å². The zero-order valence-corrected chi connectivity index (χ0v) is 11.2. The van der Waals surface area contributed by atoms with Gasteiger partial charge in [0.15, 0.2) is 0 Å². The topological polar surface area (TPSA) is 85.1 Å². The fourth-order valence-electron chi connectivity index (χ4n) is 1.25. The van der Waals surface area contributed by atoms with Gasteiger partial charge in [0.1, 0.15) is 5.69 Å². The molecule has 0 radical (unpaired) electrons. The van der Waals surface area contributed by atoms with Crippen LogP contribution in [0.4, 0.5) is 11.4 Å². The first kappa shape index (κ1) is 12.7. The van der Waals surface area contributed by atoms with Gasteiger partial charge in [-0.1, -0.05) is 0 Å². The Kier molecular flexibility index (Phi) is 3.68. The molecule has 1 aromatic heterocycles. The summed E-state index contributed by atoms with van der Waals surface area (Å²) in [7, 11) is 0. The van der Waals surface area contributed by atoms with Crippen molar-refractivity contribution in [3.63, 3.8) is 0 Å². The number of hydrogen-bond donors (Lipinski definition) is 1. The standard InChI is InChI=1S/C10H6BrN3O3S/c11-7-2-1-6(3-9(7)14(16)17)13-10(15)8-4-18-5-12-8/h1-5H,(H,13,15). The van der Waals surface area contributed by atoms with Crippen LogP contribution in [0.1, 0.15) is 10.5 Å². The van der Waals surface area contributed by atoms with Gasteiger partial charge >= 0.3 is 0 Å². The van der Waals surface area contributed by atoms with Crippen molar-refractivity contribution in [3.05, 3.63) is 49.4 Å². The molecule has 0 fully saturated rings. The van der Waals surface area contributed by atoms with Gasteiger partial charge in [-0.2, -0.15) is 0 Å². The van der Waals surface area contributed by atoms with Crippen LogP contribution in [0.3, 0.4) is 0 Å². The van der Waals surface area contributed by atoms with Gasteiger partial charge in [-0.15, -0.1) is 11.3 Å². The largest absolute Gasteiger partial charge is 0.320 e. The number of rotatable bonds is 3. The van der Waals surface area contributed by atoms with Crippen molar-refractivity contribution in [2.24, 2.45) is 0 Å². The number of nitrogens with one attached hydrogen (secondary N) is 1. The minimum Gasteiger partial charge on any atom is -0.320 e. The SMILES string of the molecule is O=C(Nc1ccc(Br)c([N+](=O)[O-])c1)c1cscn1. The Morgan fingerprint density at radius 3 is 2.89 bits per heavy atom. The third kappa shape index (κ3) is 2.71. The quantitative estimate of drug-likeness (QED) is 0.693. The number of nitro groups is 1. The molecule has 0 bridgehead atoms. The first-order chi connectivity index (χ1) is 8.58. The van der Waals surface area contributed by atoms with E-state index in [0.29, 0.717) is 10.2 Å². The smallest absolute Gasteiger partial charge is 0.285 e. The molecule has 0 aliphatic rings. The maximum atomic E-state index is 11.7. The fourth-order valence-corrected chi connectivity index (χ4v) is 2.17. The lowest BCUT2D eigenvalue weighted by Gasteiger charge is -2.03. The minimum absolute atomic E-state index is 0.105. The highest BCUT2D eigenvalue weighted by Gasteiger charge is 2.14. The van der Waals surface area contributed by atoms with E-state index >= 15 is 0 Å². The molecule has 1 aromatic carbocycles. The maximum absolute atomic E-state index is 11.7. The van der Waals surface area contributed by atoms with Crippen LogP contribution in [0.2, 0.25) is 0 Å². The van der Waals surface area contributed by atoms with Crippen LogP contribution in [0, 0.1) is 10.1 Å². The zero-order valence-electron chi connectivity index (χ0n) is 8.79. The lowest BCUT2D eigenvalue weighted by Crippen LogP contribution is -2.12. The van der Waals surface area contributed by atoms with Crippen molar-refractivity contribution in [1.29, 1.82) is 0 Å². The lowest BCUT2D eigenvalue weighted by molar-refractivity contribution is -0.385. The van der Waals surface area contributed by atoms with Crippen LogP contribution in [-0.4, -0.2) is 15.8 Å². The van der Waals surface area contributed by atoms with E-state index in [2.05, 4.69) is 26.2 Å². The predicted molar refractivity (Wildman–Crippen MR) is 70.9 cm³/mol. The summed E-state index contributed by atoms with van der Waals surface area (Å²) in [5.41, 5.74) is 2.07. The number of anilines is 1. The molecule has 0 atom stereocenters. The highest BCUT2D eigenvalue weighted by molar-refractivity contribution is 9.10. The number of carbonyl (C=O) groups is 1. The monoisotopic (exact) mass is 327 g/mol. The molecule has 92 valence electrons. The molecular weight excluding hydrogens is 322 g/mol. The van der Waals surface area contributed by atoms with E-state index in [-0.39, 0.29) is 11.4 Å². The van der Waals surface area contributed by atoms with Crippen molar-refractivity contribution in [3.8, 4) is 0 Å². The summed E-state index contributed by atoms with van der Waals surface area (Å²) in [6.45, 7) is 0. The molecule has 1 heterocycles. The van der Waals surface area contributed by atoms with Crippen molar-refractivity contribution in [1.82, 2.24) is 4.98 Å². The number of hydrogen-bond acceptors (Lipinski definition) is 5. The van der Waals surface area contributed by atoms with Crippen LogP contribution < -0.4 is 5.32 Å². The highest BCUT2D eigenvalue weighted by atomic mass is 79.9. The number of halogens is 1. The zero-order chi connectivity index (χ0) is 13.1. The van der Waals surface area contributed by atoms with Gasteiger partial charge < -0.3 is 5.32 Å². The summed E-state index contributed by atoms with van der Waals surface area (Å²) in [6, 6.07) is 4.37. The van der Waals surface area contributed by atoms with Gasteiger partial charge in [0, 0.05) is 17.1 Å². The van der Waals surface area contributed by atoms with Gasteiger partial charge in [-0.25, -0.2) is 4.98 Å². The first-order valence-electron chi connectivity index (χ1n) is 4.71. The second-order valence-electron chi connectivity index (χ2n) is 3.25. The number of carbonyl (C=O) groups excluding carboxylic acids is 1. The van der Waals surface area contributed by atoms with Crippen LogP contribution >= 0.6 is 27.3 Å². The number of nitro benzene ring substituents is 1.